The van der Waals surface area contributed by atoms with E-state index in [4.69, 9.17) is 4.74 Å². The molecule has 6 heteroatoms. The van der Waals surface area contributed by atoms with Gasteiger partial charge in [0.05, 0.1) is 12.2 Å². The molecule has 1 N–H and O–H groups in total. The van der Waals surface area contributed by atoms with Crippen molar-refractivity contribution in [3.05, 3.63) is 47.3 Å². The summed E-state index contributed by atoms with van der Waals surface area (Å²) in [4.78, 5) is 4.39. The van der Waals surface area contributed by atoms with Gasteiger partial charge < -0.3 is 14.6 Å². The summed E-state index contributed by atoms with van der Waals surface area (Å²) < 4.78 is 33.1. The van der Waals surface area contributed by atoms with Crippen LogP contribution in [0.25, 0.3) is 0 Å². The Bertz CT molecular complexity index is 599. The van der Waals surface area contributed by atoms with Crippen molar-refractivity contribution in [1.29, 1.82) is 0 Å². The Morgan fingerprint density at radius 3 is 2.81 bits per heavy atom. The van der Waals surface area contributed by atoms with Gasteiger partial charge in [-0.05, 0) is 31.0 Å². The lowest BCUT2D eigenvalue weighted by molar-refractivity contribution is 0.197. The van der Waals surface area contributed by atoms with E-state index in [0.29, 0.717) is 24.7 Å². The van der Waals surface area contributed by atoms with Crippen LogP contribution in [0.15, 0.2) is 24.4 Å². The minimum atomic E-state index is -0.835. The van der Waals surface area contributed by atoms with Crippen LogP contribution < -0.4 is 5.32 Å². The number of anilines is 1. The molecule has 0 radical (unpaired) electrons. The van der Waals surface area contributed by atoms with E-state index in [1.54, 1.807) is 13.2 Å². The van der Waals surface area contributed by atoms with Crippen molar-refractivity contribution in [2.24, 2.45) is 0 Å². The number of aromatic nitrogens is 2. The fraction of sp³-hybridized carbons (Fsp3) is 0.400. The number of rotatable bonds is 7. The van der Waals surface area contributed by atoms with Crippen LogP contribution in [-0.4, -0.2) is 29.8 Å². The van der Waals surface area contributed by atoms with Crippen LogP contribution in [0.1, 0.15) is 17.7 Å². The van der Waals surface area contributed by atoms with Crippen LogP contribution in [-0.2, 0) is 11.3 Å². The molecule has 1 aromatic heterocycles. The number of hydrogen-bond donors (Lipinski definition) is 1. The Balaban J connectivity index is 2.06. The lowest BCUT2D eigenvalue weighted by atomic mass is 10.2. The molecule has 1 heterocycles. The lowest BCUT2D eigenvalue weighted by Gasteiger charge is -2.10. The molecule has 0 atom stereocenters. The van der Waals surface area contributed by atoms with Crippen LogP contribution >= 0.6 is 0 Å². The second kappa shape index (κ2) is 7.17. The summed E-state index contributed by atoms with van der Waals surface area (Å²) in [5.41, 5.74) is 1.55. The first kappa shape index (κ1) is 15.4. The van der Waals surface area contributed by atoms with E-state index >= 15 is 0 Å². The topological polar surface area (TPSA) is 39.1 Å². The van der Waals surface area contributed by atoms with Gasteiger partial charge in [-0.3, -0.25) is 0 Å². The maximum absolute atomic E-state index is 13.2. The van der Waals surface area contributed by atoms with Gasteiger partial charge in [-0.15, -0.1) is 0 Å². The molecule has 114 valence electrons. The number of nitrogens with one attached hydrogen (secondary N) is 1. The van der Waals surface area contributed by atoms with E-state index in [1.165, 1.54) is 6.07 Å². The van der Waals surface area contributed by atoms with Crippen molar-refractivity contribution in [2.75, 3.05) is 25.6 Å². The van der Waals surface area contributed by atoms with Crippen molar-refractivity contribution < 1.29 is 13.5 Å². The lowest BCUT2D eigenvalue weighted by Crippen LogP contribution is -2.11. The predicted octanol–water partition coefficient (Wildman–Crippen LogP) is 2.97. The molecular weight excluding hydrogens is 276 g/mol. The SMILES string of the molecule is COCCCNc1nc(C)cn1Cc1ccc(F)c(F)c1. The third-order valence-electron chi connectivity index (χ3n) is 3.04. The Morgan fingerprint density at radius 1 is 1.29 bits per heavy atom. The zero-order valence-corrected chi connectivity index (χ0v) is 12.2. The standard InChI is InChI=1S/C15H19F2N3O/c1-11-9-20(15(19-11)18-6-3-7-21-2)10-12-4-5-13(16)14(17)8-12/h4-5,8-9H,3,6-7,10H2,1-2H3,(H,18,19). The summed E-state index contributed by atoms with van der Waals surface area (Å²) in [6.07, 6.45) is 2.74. The highest BCUT2D eigenvalue weighted by atomic mass is 19.2. The van der Waals surface area contributed by atoms with E-state index in [-0.39, 0.29) is 0 Å². The largest absolute Gasteiger partial charge is 0.385 e. The third-order valence-corrected chi connectivity index (χ3v) is 3.04. The molecule has 0 aliphatic carbocycles. The molecule has 0 amide bonds. The van der Waals surface area contributed by atoms with Crippen LogP contribution in [0.3, 0.4) is 0 Å². The number of nitrogens with zero attached hydrogens (tertiary/aromatic N) is 2. The number of halogens is 2. The summed E-state index contributed by atoms with van der Waals surface area (Å²) in [5, 5.41) is 3.22. The maximum atomic E-state index is 13.2. The minimum Gasteiger partial charge on any atom is -0.385 e. The zero-order valence-electron chi connectivity index (χ0n) is 12.2. The predicted molar refractivity (Wildman–Crippen MR) is 77.4 cm³/mol. The van der Waals surface area contributed by atoms with E-state index in [1.807, 2.05) is 17.7 Å². The van der Waals surface area contributed by atoms with E-state index in [2.05, 4.69) is 10.3 Å². The molecule has 0 saturated heterocycles. The van der Waals surface area contributed by atoms with Crippen molar-refractivity contribution in [3.8, 4) is 0 Å². The third kappa shape index (κ3) is 4.26. The molecule has 2 aromatic rings. The van der Waals surface area contributed by atoms with E-state index < -0.39 is 11.6 Å². The van der Waals surface area contributed by atoms with Crippen molar-refractivity contribution in [1.82, 2.24) is 9.55 Å². The number of hydrogen-bond acceptors (Lipinski definition) is 3. The molecule has 0 aliphatic heterocycles. The Hall–Kier alpha value is -1.95. The summed E-state index contributed by atoms with van der Waals surface area (Å²) in [5.74, 6) is -0.953. The van der Waals surface area contributed by atoms with E-state index in [0.717, 1.165) is 24.7 Å². The highest BCUT2D eigenvalue weighted by molar-refractivity contribution is 5.30. The molecule has 0 aliphatic rings. The fourth-order valence-electron chi connectivity index (χ4n) is 2.06. The molecular formula is C15H19F2N3O. The average molecular weight is 295 g/mol. The van der Waals surface area contributed by atoms with E-state index in [9.17, 15) is 8.78 Å². The Morgan fingerprint density at radius 2 is 2.10 bits per heavy atom. The molecule has 1 aromatic carbocycles. The van der Waals surface area contributed by atoms with Gasteiger partial charge in [0, 0.05) is 26.5 Å². The van der Waals surface area contributed by atoms with Crippen LogP contribution in [0.5, 0.6) is 0 Å². The molecule has 0 spiro atoms. The van der Waals surface area contributed by atoms with Gasteiger partial charge in [0.2, 0.25) is 5.95 Å². The van der Waals surface area contributed by atoms with Gasteiger partial charge in [0.15, 0.2) is 11.6 Å². The van der Waals surface area contributed by atoms with Crippen LogP contribution in [0.2, 0.25) is 0 Å². The molecule has 21 heavy (non-hydrogen) atoms. The highest BCUT2D eigenvalue weighted by Crippen LogP contribution is 2.14. The monoisotopic (exact) mass is 295 g/mol. The molecule has 0 unspecified atom stereocenters. The van der Waals surface area contributed by atoms with Crippen molar-refractivity contribution in [2.45, 2.75) is 19.9 Å². The molecule has 4 nitrogen and oxygen atoms in total. The van der Waals surface area contributed by atoms with Gasteiger partial charge in [0.1, 0.15) is 0 Å². The van der Waals surface area contributed by atoms with Crippen LogP contribution in [0.4, 0.5) is 14.7 Å². The first-order valence-electron chi connectivity index (χ1n) is 6.80. The number of ether oxygens (including phenoxy) is 1. The smallest absolute Gasteiger partial charge is 0.203 e. The molecule has 0 bridgehead atoms. The van der Waals surface area contributed by atoms with Gasteiger partial charge in [-0.25, -0.2) is 13.8 Å². The first-order valence-corrected chi connectivity index (χ1v) is 6.80. The van der Waals surface area contributed by atoms with Gasteiger partial charge >= 0.3 is 0 Å². The number of imidazole rings is 1. The zero-order chi connectivity index (χ0) is 15.2. The number of aryl methyl sites for hydroxylation is 1. The summed E-state index contributed by atoms with van der Waals surface area (Å²) >= 11 is 0. The summed E-state index contributed by atoms with van der Waals surface area (Å²) in [6, 6.07) is 3.92. The average Bonchev–Trinajstić information content (AvgIpc) is 2.79. The van der Waals surface area contributed by atoms with Crippen molar-refractivity contribution >= 4 is 5.95 Å². The highest BCUT2D eigenvalue weighted by Gasteiger charge is 2.08. The number of methoxy groups -OCH3 is 1. The van der Waals surface area contributed by atoms with Crippen molar-refractivity contribution in [3.63, 3.8) is 0 Å². The first-order chi connectivity index (χ1) is 10.1. The second-order valence-electron chi connectivity index (χ2n) is 4.86. The number of benzene rings is 1. The quantitative estimate of drug-likeness (QED) is 0.798. The van der Waals surface area contributed by atoms with Gasteiger partial charge in [0.25, 0.3) is 0 Å². The van der Waals surface area contributed by atoms with Gasteiger partial charge in [-0.2, -0.15) is 0 Å². The molecule has 2 rings (SSSR count). The Labute approximate surface area is 122 Å². The normalized spacial score (nSPS) is 10.9. The fourth-order valence-corrected chi connectivity index (χ4v) is 2.06. The summed E-state index contributed by atoms with van der Waals surface area (Å²) in [6.45, 7) is 3.74. The summed E-state index contributed by atoms with van der Waals surface area (Å²) in [7, 11) is 1.66. The maximum Gasteiger partial charge on any atom is 0.203 e. The van der Waals surface area contributed by atoms with Gasteiger partial charge in [-0.1, -0.05) is 6.07 Å². The minimum absolute atomic E-state index is 0.435. The molecule has 0 saturated carbocycles. The Kier molecular flexibility index (Phi) is 5.27. The van der Waals surface area contributed by atoms with Crippen LogP contribution in [0, 0.1) is 18.6 Å². The second-order valence-corrected chi connectivity index (χ2v) is 4.86. The molecule has 0 fully saturated rings.